The summed E-state index contributed by atoms with van der Waals surface area (Å²) in [6, 6.07) is 0. The average Bonchev–Trinajstić information content (AvgIpc) is 2.83. The van der Waals surface area contributed by atoms with Crippen LogP contribution < -0.4 is 0 Å². The highest BCUT2D eigenvalue weighted by molar-refractivity contribution is 5.66. The van der Waals surface area contributed by atoms with Crippen molar-refractivity contribution in [3.8, 4) is 0 Å². The van der Waals surface area contributed by atoms with E-state index in [1.54, 1.807) is 0 Å². The molecule has 5 nitrogen and oxygen atoms in total. The van der Waals surface area contributed by atoms with Crippen LogP contribution in [0.5, 0.6) is 0 Å². The molecule has 0 saturated heterocycles. The monoisotopic (exact) mass is 182 g/mol. The highest BCUT2D eigenvalue weighted by Crippen LogP contribution is 2.38. The first-order chi connectivity index (χ1) is 6.25. The van der Waals surface area contributed by atoms with Crippen LogP contribution in [0.1, 0.15) is 37.0 Å². The third-order valence-corrected chi connectivity index (χ3v) is 1.96. The van der Waals surface area contributed by atoms with Crippen LogP contribution in [0.25, 0.3) is 0 Å². The fourth-order valence-corrected chi connectivity index (χ4v) is 1.08. The Morgan fingerprint density at radius 2 is 2.31 bits per heavy atom. The van der Waals surface area contributed by atoms with Gasteiger partial charge in [-0.3, -0.25) is 4.79 Å². The number of nitrogens with zero attached hydrogens (tertiary/aromatic N) is 2. The van der Waals surface area contributed by atoms with Gasteiger partial charge in [0.25, 0.3) is 0 Å². The smallest absolute Gasteiger partial charge is 0.303 e. The van der Waals surface area contributed by atoms with Crippen molar-refractivity contribution in [2.24, 2.45) is 0 Å². The van der Waals surface area contributed by atoms with E-state index in [9.17, 15) is 4.79 Å². The third kappa shape index (κ3) is 2.05. The molecule has 0 atom stereocenters. The summed E-state index contributed by atoms with van der Waals surface area (Å²) in [5.41, 5.74) is 0. The van der Waals surface area contributed by atoms with Crippen LogP contribution in [0, 0.1) is 0 Å². The highest BCUT2D eigenvalue weighted by atomic mass is 16.4. The Balaban J connectivity index is 1.92. The molecule has 1 saturated carbocycles. The van der Waals surface area contributed by atoms with Crippen LogP contribution in [0.4, 0.5) is 0 Å². The maximum Gasteiger partial charge on any atom is 0.303 e. The van der Waals surface area contributed by atoms with Gasteiger partial charge in [-0.15, -0.1) is 10.2 Å². The molecule has 1 aliphatic rings. The minimum absolute atomic E-state index is 0.0479. The molecule has 0 spiro atoms. The highest BCUT2D eigenvalue weighted by Gasteiger charge is 2.29. The lowest BCUT2D eigenvalue weighted by Gasteiger charge is -1.88. The molecule has 1 aliphatic carbocycles. The van der Waals surface area contributed by atoms with Crippen molar-refractivity contribution in [2.75, 3.05) is 0 Å². The van der Waals surface area contributed by atoms with Crippen molar-refractivity contribution >= 4 is 5.97 Å². The first-order valence-corrected chi connectivity index (χ1v) is 4.30. The summed E-state index contributed by atoms with van der Waals surface area (Å²) in [5.74, 6) is 0.696. The molecule has 1 heterocycles. The summed E-state index contributed by atoms with van der Waals surface area (Å²) >= 11 is 0. The van der Waals surface area contributed by atoms with Crippen molar-refractivity contribution in [1.82, 2.24) is 10.2 Å². The largest absolute Gasteiger partial charge is 0.481 e. The van der Waals surface area contributed by atoms with E-state index in [0.29, 0.717) is 24.1 Å². The first kappa shape index (κ1) is 8.22. The molecule has 13 heavy (non-hydrogen) atoms. The topological polar surface area (TPSA) is 76.2 Å². The van der Waals surface area contributed by atoms with E-state index < -0.39 is 5.97 Å². The number of carboxylic acids is 1. The predicted octanol–water partition coefficient (Wildman–Crippen LogP) is 0.964. The van der Waals surface area contributed by atoms with Crippen LogP contribution in [0.3, 0.4) is 0 Å². The number of aliphatic carboxylic acids is 1. The molecule has 0 radical (unpaired) electrons. The predicted molar refractivity (Wildman–Crippen MR) is 42.2 cm³/mol. The number of aromatic nitrogens is 2. The van der Waals surface area contributed by atoms with Crippen LogP contribution in [-0.4, -0.2) is 21.3 Å². The lowest BCUT2D eigenvalue weighted by molar-refractivity contribution is -0.137. The number of carboxylic acid groups (broad SMARTS) is 1. The molecule has 0 unspecified atom stereocenters. The van der Waals surface area contributed by atoms with Crippen LogP contribution in [0.15, 0.2) is 4.42 Å². The average molecular weight is 182 g/mol. The molecule has 0 aromatic carbocycles. The maximum absolute atomic E-state index is 10.2. The van der Waals surface area contributed by atoms with Gasteiger partial charge < -0.3 is 9.52 Å². The molecule has 5 heteroatoms. The van der Waals surface area contributed by atoms with Gasteiger partial charge in [-0.2, -0.15) is 0 Å². The molecule has 1 fully saturated rings. The number of hydrogen-bond donors (Lipinski definition) is 1. The van der Waals surface area contributed by atoms with Gasteiger partial charge in [-0.25, -0.2) is 0 Å². The van der Waals surface area contributed by atoms with Crippen LogP contribution in [0.2, 0.25) is 0 Å². The molecule has 1 aromatic rings. The number of carbonyl (C=O) groups is 1. The van der Waals surface area contributed by atoms with Gasteiger partial charge in [-0.05, 0) is 12.8 Å². The second-order valence-corrected chi connectivity index (χ2v) is 3.20. The Kier molecular flexibility index (Phi) is 2.00. The van der Waals surface area contributed by atoms with Gasteiger partial charge in [-0.1, -0.05) is 0 Å². The van der Waals surface area contributed by atoms with E-state index in [2.05, 4.69) is 10.2 Å². The number of rotatable bonds is 4. The standard InChI is InChI=1S/C8H10N2O3/c11-7(12)4-3-6-9-10-8(13-6)5-1-2-5/h5H,1-4H2,(H,11,12). The molecule has 0 amide bonds. The molecule has 1 N–H and O–H groups in total. The van der Waals surface area contributed by atoms with E-state index in [-0.39, 0.29) is 6.42 Å². The molecular weight excluding hydrogens is 172 g/mol. The fourth-order valence-electron chi connectivity index (χ4n) is 1.08. The fraction of sp³-hybridized carbons (Fsp3) is 0.625. The van der Waals surface area contributed by atoms with Gasteiger partial charge >= 0.3 is 5.97 Å². The van der Waals surface area contributed by atoms with Crippen molar-refractivity contribution in [1.29, 1.82) is 0 Å². The van der Waals surface area contributed by atoms with Crippen LogP contribution >= 0.6 is 0 Å². The Morgan fingerprint density at radius 1 is 1.54 bits per heavy atom. The van der Waals surface area contributed by atoms with Gasteiger partial charge in [0.2, 0.25) is 11.8 Å². The Morgan fingerprint density at radius 3 is 2.92 bits per heavy atom. The van der Waals surface area contributed by atoms with Crippen molar-refractivity contribution in [3.05, 3.63) is 11.8 Å². The van der Waals surface area contributed by atoms with E-state index in [1.165, 1.54) is 0 Å². The minimum Gasteiger partial charge on any atom is -0.481 e. The summed E-state index contributed by atoms with van der Waals surface area (Å²) in [4.78, 5) is 10.2. The number of aryl methyl sites for hydroxylation is 1. The molecule has 0 bridgehead atoms. The summed E-state index contributed by atoms with van der Waals surface area (Å²) in [5, 5.41) is 16.0. The zero-order valence-electron chi connectivity index (χ0n) is 7.06. The summed E-state index contributed by atoms with van der Waals surface area (Å²) in [7, 11) is 0. The molecule has 2 rings (SSSR count). The summed E-state index contributed by atoms with van der Waals surface area (Å²) < 4.78 is 5.27. The second kappa shape index (κ2) is 3.16. The van der Waals surface area contributed by atoms with Gasteiger partial charge in [0.05, 0.1) is 6.42 Å². The summed E-state index contributed by atoms with van der Waals surface area (Å²) in [6.07, 6.45) is 2.60. The van der Waals surface area contributed by atoms with Gasteiger partial charge in [0.15, 0.2) is 0 Å². The normalized spacial score (nSPS) is 16.0. The number of hydrogen-bond acceptors (Lipinski definition) is 4. The Bertz CT molecular complexity index is 317. The van der Waals surface area contributed by atoms with E-state index >= 15 is 0 Å². The third-order valence-electron chi connectivity index (χ3n) is 1.96. The lowest BCUT2D eigenvalue weighted by Crippen LogP contribution is -1.97. The van der Waals surface area contributed by atoms with E-state index in [0.717, 1.165) is 12.8 Å². The van der Waals surface area contributed by atoms with Crippen molar-refractivity contribution < 1.29 is 14.3 Å². The second-order valence-electron chi connectivity index (χ2n) is 3.20. The Hall–Kier alpha value is -1.39. The van der Waals surface area contributed by atoms with Gasteiger partial charge in [0.1, 0.15) is 0 Å². The Labute approximate surface area is 74.8 Å². The summed E-state index contributed by atoms with van der Waals surface area (Å²) in [6.45, 7) is 0. The lowest BCUT2D eigenvalue weighted by atomic mass is 10.3. The molecule has 1 aromatic heterocycles. The van der Waals surface area contributed by atoms with E-state index in [1.807, 2.05) is 0 Å². The van der Waals surface area contributed by atoms with Gasteiger partial charge in [0, 0.05) is 12.3 Å². The molecule has 70 valence electrons. The van der Waals surface area contributed by atoms with Crippen molar-refractivity contribution in [2.45, 2.75) is 31.6 Å². The quantitative estimate of drug-likeness (QED) is 0.750. The zero-order chi connectivity index (χ0) is 9.26. The van der Waals surface area contributed by atoms with Crippen molar-refractivity contribution in [3.63, 3.8) is 0 Å². The zero-order valence-corrected chi connectivity index (χ0v) is 7.06. The SMILES string of the molecule is O=C(O)CCc1nnc(C2CC2)o1. The molecular formula is C8H10N2O3. The minimum atomic E-state index is -0.842. The molecule has 0 aliphatic heterocycles. The van der Waals surface area contributed by atoms with Crippen LogP contribution in [-0.2, 0) is 11.2 Å². The first-order valence-electron chi connectivity index (χ1n) is 4.30. The maximum atomic E-state index is 10.2. The van der Waals surface area contributed by atoms with E-state index in [4.69, 9.17) is 9.52 Å².